The summed E-state index contributed by atoms with van der Waals surface area (Å²) in [5, 5.41) is 14.1. The molecule has 0 radical (unpaired) electrons. The van der Waals surface area contributed by atoms with Gasteiger partial charge in [0.25, 0.3) is 5.91 Å². The molecule has 1 aliphatic rings. The van der Waals surface area contributed by atoms with E-state index in [1.165, 1.54) is 25.8 Å². The summed E-state index contributed by atoms with van der Waals surface area (Å²) in [6.45, 7) is 3.37. The Kier molecular flexibility index (Phi) is 6.23. The molecular weight excluding hydrogens is 392 g/mol. The van der Waals surface area contributed by atoms with Gasteiger partial charge in [-0.15, -0.1) is 0 Å². The third-order valence-corrected chi connectivity index (χ3v) is 4.95. The molecule has 7 nitrogen and oxygen atoms in total. The summed E-state index contributed by atoms with van der Waals surface area (Å²) in [4.78, 5) is 28.1. The summed E-state index contributed by atoms with van der Waals surface area (Å²) in [5.41, 5.74) is 2.59. The molecule has 1 saturated heterocycles. The van der Waals surface area contributed by atoms with Crippen LogP contribution in [0.4, 0.5) is 5.69 Å². The number of ether oxygens (including phenoxy) is 2. The number of hydrogen-bond acceptors (Lipinski definition) is 7. The standard InChI is InChI=1S/C21H20N2O5S/c1-12-4-7-15(8-5-12)22-21-23-19(24)18(29-21)11-14-6-9-16(17(10-14)27-3)28-13(2)20(25)26/h4-11,13H,1-3H3,(H,25,26)(H,22,23,24)/p-1/b18-11+/t13-/m0/s1. The molecule has 1 N–H and O–H groups in total. The largest absolute Gasteiger partial charge is 0.546 e. The smallest absolute Gasteiger partial charge is 0.264 e. The predicted octanol–water partition coefficient (Wildman–Crippen LogP) is 2.41. The maximum atomic E-state index is 12.3. The van der Waals surface area contributed by atoms with Crippen LogP contribution in [0.15, 0.2) is 52.4 Å². The highest BCUT2D eigenvalue weighted by Crippen LogP contribution is 2.32. The van der Waals surface area contributed by atoms with Crippen LogP contribution < -0.4 is 19.9 Å². The van der Waals surface area contributed by atoms with Gasteiger partial charge in [-0.3, -0.25) is 4.79 Å². The average molecular weight is 411 g/mol. The van der Waals surface area contributed by atoms with Gasteiger partial charge >= 0.3 is 0 Å². The summed E-state index contributed by atoms with van der Waals surface area (Å²) >= 11 is 1.24. The zero-order valence-electron chi connectivity index (χ0n) is 16.1. The van der Waals surface area contributed by atoms with Crippen LogP contribution in [0.5, 0.6) is 11.5 Å². The van der Waals surface area contributed by atoms with Gasteiger partial charge in [0.15, 0.2) is 16.7 Å². The van der Waals surface area contributed by atoms with E-state index >= 15 is 0 Å². The molecule has 0 bridgehead atoms. The van der Waals surface area contributed by atoms with Crippen molar-refractivity contribution in [1.29, 1.82) is 0 Å². The monoisotopic (exact) mass is 411 g/mol. The van der Waals surface area contributed by atoms with Crippen molar-refractivity contribution in [3.63, 3.8) is 0 Å². The third kappa shape index (κ3) is 5.17. The molecule has 2 aromatic carbocycles. The molecule has 29 heavy (non-hydrogen) atoms. The Balaban J connectivity index is 1.79. The van der Waals surface area contributed by atoms with Crippen molar-refractivity contribution in [1.82, 2.24) is 5.32 Å². The van der Waals surface area contributed by atoms with Crippen LogP contribution in [0.2, 0.25) is 0 Å². The molecule has 150 valence electrons. The number of carbonyl (C=O) groups is 2. The van der Waals surface area contributed by atoms with Gasteiger partial charge in [0.05, 0.1) is 23.7 Å². The first kappa shape index (κ1) is 20.5. The first-order valence-electron chi connectivity index (χ1n) is 8.77. The van der Waals surface area contributed by atoms with E-state index in [9.17, 15) is 14.7 Å². The molecule has 1 aliphatic heterocycles. The van der Waals surface area contributed by atoms with E-state index in [0.717, 1.165) is 11.3 Å². The first-order valence-corrected chi connectivity index (χ1v) is 9.59. The van der Waals surface area contributed by atoms with Crippen molar-refractivity contribution in [3.8, 4) is 11.5 Å². The zero-order valence-corrected chi connectivity index (χ0v) is 16.9. The van der Waals surface area contributed by atoms with Crippen LogP contribution in [0, 0.1) is 6.92 Å². The summed E-state index contributed by atoms with van der Waals surface area (Å²) in [6.07, 6.45) is 0.580. The van der Waals surface area contributed by atoms with Gasteiger partial charge in [-0.25, -0.2) is 4.99 Å². The lowest BCUT2D eigenvalue weighted by atomic mass is 10.2. The van der Waals surface area contributed by atoms with Crippen molar-refractivity contribution >= 4 is 40.6 Å². The summed E-state index contributed by atoms with van der Waals surface area (Å²) in [6, 6.07) is 12.6. The summed E-state index contributed by atoms with van der Waals surface area (Å²) in [7, 11) is 1.45. The molecule has 0 aromatic heterocycles. The molecule has 3 rings (SSSR count). The number of methoxy groups -OCH3 is 1. The fraction of sp³-hybridized carbons (Fsp3) is 0.190. The highest BCUT2D eigenvalue weighted by molar-refractivity contribution is 8.18. The Bertz CT molecular complexity index is 999. The lowest BCUT2D eigenvalue weighted by Crippen LogP contribution is -2.37. The number of amidine groups is 1. The number of rotatable bonds is 6. The number of nitrogens with one attached hydrogen (secondary N) is 1. The number of aliphatic carboxylic acids is 1. The maximum absolute atomic E-state index is 12.3. The zero-order chi connectivity index (χ0) is 21.0. The van der Waals surface area contributed by atoms with E-state index in [-0.39, 0.29) is 11.7 Å². The van der Waals surface area contributed by atoms with Gasteiger partial charge < -0.3 is 24.7 Å². The topological polar surface area (TPSA) is 100 Å². The van der Waals surface area contributed by atoms with Crippen LogP contribution in [0.25, 0.3) is 6.08 Å². The molecule has 8 heteroatoms. The number of hydrogen-bond donors (Lipinski definition) is 1. The minimum Gasteiger partial charge on any atom is -0.546 e. The normalized spacial score (nSPS) is 17.3. The van der Waals surface area contributed by atoms with Crippen LogP contribution in [0.1, 0.15) is 18.1 Å². The van der Waals surface area contributed by atoms with Crippen LogP contribution in [-0.2, 0) is 9.59 Å². The molecule has 0 spiro atoms. The van der Waals surface area contributed by atoms with Crippen molar-refractivity contribution in [2.24, 2.45) is 4.99 Å². The minimum atomic E-state index is -1.32. The van der Waals surface area contributed by atoms with Crippen LogP contribution in [-0.4, -0.2) is 30.3 Å². The molecule has 0 aliphatic carbocycles. The molecule has 1 fully saturated rings. The minimum absolute atomic E-state index is 0.245. The Morgan fingerprint density at radius 1 is 1.21 bits per heavy atom. The third-order valence-electron chi connectivity index (χ3n) is 4.04. The molecular formula is C21H19N2O5S-. The lowest BCUT2D eigenvalue weighted by molar-refractivity contribution is -0.312. The fourth-order valence-electron chi connectivity index (χ4n) is 2.48. The van der Waals surface area contributed by atoms with E-state index in [1.807, 2.05) is 31.2 Å². The van der Waals surface area contributed by atoms with Crippen LogP contribution in [0.3, 0.4) is 0 Å². The Morgan fingerprint density at radius 2 is 1.93 bits per heavy atom. The SMILES string of the molecule is COc1cc(/C=C2/SC(=Nc3ccc(C)cc3)NC2=O)ccc1O[C@@H](C)C(=O)[O-]. The van der Waals surface area contributed by atoms with E-state index in [1.54, 1.807) is 24.3 Å². The second-order valence-corrected chi connectivity index (χ2v) is 7.34. The van der Waals surface area contributed by atoms with E-state index < -0.39 is 12.1 Å². The second-order valence-electron chi connectivity index (χ2n) is 6.31. The lowest BCUT2D eigenvalue weighted by Gasteiger charge is -2.17. The highest BCUT2D eigenvalue weighted by Gasteiger charge is 2.24. The number of nitrogens with zero attached hydrogens (tertiary/aromatic N) is 1. The molecule has 1 amide bonds. The number of aryl methyl sites for hydroxylation is 1. The quantitative estimate of drug-likeness (QED) is 0.733. The number of thioether (sulfide) groups is 1. The van der Waals surface area contributed by atoms with Crippen molar-refractivity contribution in [2.75, 3.05) is 7.11 Å². The average Bonchev–Trinajstić information content (AvgIpc) is 3.03. The Morgan fingerprint density at radius 3 is 2.59 bits per heavy atom. The molecule has 1 heterocycles. The number of carboxylic acids is 1. The predicted molar refractivity (Wildman–Crippen MR) is 110 cm³/mol. The van der Waals surface area contributed by atoms with Gasteiger partial charge in [-0.2, -0.15) is 0 Å². The summed E-state index contributed by atoms with van der Waals surface area (Å²) in [5.74, 6) is -0.940. The van der Waals surface area contributed by atoms with Gasteiger partial charge in [0, 0.05) is 0 Å². The number of aliphatic imine (C=N–C) groups is 1. The maximum Gasteiger partial charge on any atom is 0.264 e. The van der Waals surface area contributed by atoms with E-state index in [4.69, 9.17) is 9.47 Å². The number of amides is 1. The fourth-order valence-corrected chi connectivity index (χ4v) is 3.32. The van der Waals surface area contributed by atoms with Crippen molar-refractivity contribution in [3.05, 3.63) is 58.5 Å². The van der Waals surface area contributed by atoms with Crippen LogP contribution >= 0.6 is 11.8 Å². The van der Waals surface area contributed by atoms with E-state index in [2.05, 4.69) is 10.3 Å². The summed E-state index contributed by atoms with van der Waals surface area (Å²) < 4.78 is 10.6. The molecule has 1 atom stereocenters. The van der Waals surface area contributed by atoms with Crippen molar-refractivity contribution < 1.29 is 24.2 Å². The first-order chi connectivity index (χ1) is 13.9. The number of carbonyl (C=O) groups excluding carboxylic acids is 2. The van der Waals surface area contributed by atoms with Gasteiger partial charge in [-0.05, 0) is 61.5 Å². The number of benzene rings is 2. The van der Waals surface area contributed by atoms with E-state index in [0.29, 0.717) is 21.4 Å². The Hall–Kier alpha value is -3.26. The van der Waals surface area contributed by atoms with Gasteiger partial charge in [-0.1, -0.05) is 23.8 Å². The molecule has 0 saturated carbocycles. The highest BCUT2D eigenvalue weighted by atomic mass is 32.2. The molecule has 0 unspecified atom stereocenters. The van der Waals surface area contributed by atoms with Gasteiger partial charge in [0.1, 0.15) is 6.10 Å². The second kappa shape index (κ2) is 8.83. The Labute approximate surface area is 172 Å². The van der Waals surface area contributed by atoms with Crippen molar-refractivity contribution in [2.45, 2.75) is 20.0 Å². The molecule has 2 aromatic rings. The number of carboxylic acid groups (broad SMARTS) is 1. The van der Waals surface area contributed by atoms with Gasteiger partial charge in [0.2, 0.25) is 0 Å².